The van der Waals surface area contributed by atoms with E-state index in [0.717, 1.165) is 24.1 Å². The Morgan fingerprint density at radius 1 is 1.30 bits per heavy atom. The minimum Gasteiger partial charge on any atom is -0.478 e. The van der Waals surface area contributed by atoms with Gasteiger partial charge in [-0.25, -0.2) is 4.79 Å². The fourth-order valence-electron chi connectivity index (χ4n) is 2.87. The first-order valence-electron chi connectivity index (χ1n) is 7.69. The Labute approximate surface area is 139 Å². The van der Waals surface area contributed by atoms with Gasteiger partial charge in [0.05, 0.1) is 5.56 Å². The van der Waals surface area contributed by atoms with Crippen molar-refractivity contribution in [2.24, 2.45) is 0 Å². The summed E-state index contributed by atoms with van der Waals surface area (Å²) < 4.78 is 1.74. The lowest BCUT2D eigenvalue weighted by atomic mass is 10.1. The van der Waals surface area contributed by atoms with Crippen LogP contribution in [0, 0.1) is 6.92 Å². The molecular weight excluding hydrogens is 314 g/mol. The molecule has 0 saturated heterocycles. The van der Waals surface area contributed by atoms with Crippen molar-refractivity contribution < 1.29 is 9.90 Å². The van der Waals surface area contributed by atoms with Crippen molar-refractivity contribution in [2.45, 2.75) is 38.6 Å². The normalized spacial score (nSPS) is 14.0. The van der Waals surface area contributed by atoms with Crippen molar-refractivity contribution in [1.29, 1.82) is 0 Å². The summed E-state index contributed by atoms with van der Waals surface area (Å²) in [4.78, 5) is 23.2. The van der Waals surface area contributed by atoms with Gasteiger partial charge < -0.3 is 9.67 Å². The van der Waals surface area contributed by atoms with E-state index >= 15 is 0 Å². The Morgan fingerprint density at radius 3 is 2.52 bits per heavy atom. The summed E-state index contributed by atoms with van der Waals surface area (Å²) in [5.41, 5.74) is 3.27. The quantitative estimate of drug-likeness (QED) is 0.910. The number of nitrogens with zero attached hydrogens (tertiary/aromatic N) is 1. The number of halogens is 1. The van der Waals surface area contributed by atoms with E-state index in [-0.39, 0.29) is 16.1 Å². The number of aromatic carboxylic acids is 1. The first-order valence-corrected chi connectivity index (χ1v) is 8.07. The fourth-order valence-corrected chi connectivity index (χ4v) is 3.09. The van der Waals surface area contributed by atoms with Gasteiger partial charge in [-0.2, -0.15) is 0 Å². The Balaban J connectivity index is 1.82. The average Bonchev–Trinajstić information content (AvgIpc) is 3.36. The second kappa shape index (κ2) is 6.20. The lowest BCUT2D eigenvalue weighted by Gasteiger charge is -2.15. The second-order valence-electron chi connectivity index (χ2n) is 6.02. The van der Waals surface area contributed by atoms with E-state index in [0.29, 0.717) is 18.9 Å². The van der Waals surface area contributed by atoms with Gasteiger partial charge in [-0.15, -0.1) is 0 Å². The summed E-state index contributed by atoms with van der Waals surface area (Å²) in [7, 11) is 0. The maximum absolute atomic E-state index is 12.3. The molecule has 0 radical (unpaired) electrons. The van der Waals surface area contributed by atoms with Crippen LogP contribution in [-0.2, 0) is 13.0 Å². The van der Waals surface area contributed by atoms with Gasteiger partial charge in [0.2, 0.25) is 0 Å². The molecule has 1 heterocycles. The third kappa shape index (κ3) is 3.32. The molecule has 0 amide bonds. The fraction of sp³-hybridized carbons (Fsp3) is 0.333. The zero-order valence-electron chi connectivity index (χ0n) is 12.9. The van der Waals surface area contributed by atoms with Crippen LogP contribution < -0.4 is 5.56 Å². The van der Waals surface area contributed by atoms with Crippen LogP contribution in [0.1, 0.15) is 45.9 Å². The lowest BCUT2D eigenvalue weighted by Crippen LogP contribution is -2.25. The predicted octanol–water partition coefficient (Wildman–Crippen LogP) is 3.63. The Kier molecular flexibility index (Phi) is 4.26. The molecule has 4 nitrogen and oxygen atoms in total. The van der Waals surface area contributed by atoms with E-state index < -0.39 is 5.97 Å². The first-order chi connectivity index (χ1) is 11.0. The largest absolute Gasteiger partial charge is 0.478 e. The molecular formula is C18H18ClNO3. The summed E-state index contributed by atoms with van der Waals surface area (Å²) in [6, 6.07) is 8.56. The predicted molar refractivity (Wildman–Crippen MR) is 89.5 cm³/mol. The highest BCUT2D eigenvalue weighted by Crippen LogP contribution is 2.41. The summed E-state index contributed by atoms with van der Waals surface area (Å²) in [6.07, 6.45) is 2.98. The Hall–Kier alpha value is -2.07. The van der Waals surface area contributed by atoms with E-state index in [1.807, 2.05) is 13.0 Å². The molecule has 0 atom stereocenters. The van der Waals surface area contributed by atoms with Gasteiger partial charge in [-0.3, -0.25) is 4.79 Å². The van der Waals surface area contributed by atoms with Gasteiger partial charge >= 0.3 is 5.97 Å². The molecule has 3 rings (SSSR count). The highest BCUT2D eigenvalue weighted by molar-refractivity contribution is 6.30. The third-order valence-electron chi connectivity index (χ3n) is 4.40. The van der Waals surface area contributed by atoms with Crippen LogP contribution >= 0.6 is 11.6 Å². The van der Waals surface area contributed by atoms with E-state index in [2.05, 4.69) is 0 Å². The molecule has 2 aromatic rings. The van der Waals surface area contributed by atoms with Gasteiger partial charge in [0.1, 0.15) is 5.02 Å². The SMILES string of the molecule is Cc1c(C2CC2)cc(Cl)c(=O)n1CCc1ccc(C(=O)O)cc1. The molecule has 1 aromatic carbocycles. The Bertz CT molecular complexity index is 804. The van der Waals surface area contributed by atoms with Crippen LogP contribution in [0.5, 0.6) is 0 Å². The highest BCUT2D eigenvalue weighted by atomic mass is 35.5. The number of rotatable bonds is 5. The van der Waals surface area contributed by atoms with E-state index in [1.165, 1.54) is 5.56 Å². The number of aryl methyl sites for hydroxylation is 1. The molecule has 23 heavy (non-hydrogen) atoms. The van der Waals surface area contributed by atoms with Gasteiger partial charge in [0.15, 0.2) is 0 Å². The zero-order valence-corrected chi connectivity index (χ0v) is 13.6. The summed E-state index contributed by atoms with van der Waals surface area (Å²) in [5.74, 6) is -0.401. The minimum absolute atomic E-state index is 0.157. The number of carboxylic acids is 1. The lowest BCUT2D eigenvalue weighted by molar-refractivity contribution is 0.0697. The van der Waals surface area contributed by atoms with E-state index in [1.54, 1.807) is 28.8 Å². The third-order valence-corrected chi connectivity index (χ3v) is 4.67. The standard InChI is InChI=1S/C18H18ClNO3/c1-11-15(13-6-7-13)10-16(19)17(21)20(11)9-8-12-2-4-14(5-3-12)18(22)23/h2-5,10,13H,6-9H2,1H3,(H,22,23). The van der Waals surface area contributed by atoms with Crippen LogP contribution in [-0.4, -0.2) is 15.6 Å². The average molecular weight is 332 g/mol. The van der Waals surface area contributed by atoms with Crippen molar-refractivity contribution in [3.05, 3.63) is 68.1 Å². The molecule has 1 aliphatic carbocycles. The monoisotopic (exact) mass is 331 g/mol. The Morgan fingerprint density at radius 2 is 1.96 bits per heavy atom. The van der Waals surface area contributed by atoms with Crippen LogP contribution in [0.2, 0.25) is 5.02 Å². The second-order valence-corrected chi connectivity index (χ2v) is 6.42. The molecule has 0 bridgehead atoms. The van der Waals surface area contributed by atoms with Crippen molar-refractivity contribution in [2.75, 3.05) is 0 Å². The van der Waals surface area contributed by atoms with Crippen LogP contribution in [0.3, 0.4) is 0 Å². The van der Waals surface area contributed by atoms with Crippen molar-refractivity contribution in [3.8, 4) is 0 Å². The van der Waals surface area contributed by atoms with E-state index in [4.69, 9.17) is 16.7 Å². The van der Waals surface area contributed by atoms with Crippen LogP contribution in [0.25, 0.3) is 0 Å². The van der Waals surface area contributed by atoms with Crippen molar-refractivity contribution in [1.82, 2.24) is 4.57 Å². The zero-order chi connectivity index (χ0) is 16.6. The van der Waals surface area contributed by atoms with Crippen LogP contribution in [0.15, 0.2) is 35.1 Å². The maximum Gasteiger partial charge on any atom is 0.335 e. The van der Waals surface area contributed by atoms with Gasteiger partial charge in [-0.05, 0) is 61.4 Å². The molecule has 1 N–H and O–H groups in total. The number of pyridine rings is 1. The highest BCUT2D eigenvalue weighted by Gasteiger charge is 2.27. The molecule has 1 saturated carbocycles. The van der Waals surface area contributed by atoms with E-state index in [9.17, 15) is 9.59 Å². The summed E-state index contributed by atoms with van der Waals surface area (Å²) >= 11 is 6.10. The number of benzene rings is 1. The summed E-state index contributed by atoms with van der Waals surface area (Å²) in [6.45, 7) is 2.51. The smallest absolute Gasteiger partial charge is 0.335 e. The molecule has 1 aromatic heterocycles. The number of carboxylic acid groups (broad SMARTS) is 1. The van der Waals surface area contributed by atoms with Gasteiger partial charge in [-0.1, -0.05) is 23.7 Å². The number of aromatic nitrogens is 1. The van der Waals surface area contributed by atoms with Gasteiger partial charge in [0, 0.05) is 12.2 Å². The molecule has 0 aliphatic heterocycles. The number of hydrogen-bond donors (Lipinski definition) is 1. The minimum atomic E-state index is -0.937. The molecule has 0 spiro atoms. The maximum atomic E-state index is 12.3. The molecule has 0 unspecified atom stereocenters. The molecule has 120 valence electrons. The topological polar surface area (TPSA) is 59.3 Å². The van der Waals surface area contributed by atoms with Gasteiger partial charge in [0.25, 0.3) is 5.56 Å². The first kappa shape index (κ1) is 15.8. The molecule has 1 aliphatic rings. The van der Waals surface area contributed by atoms with Crippen molar-refractivity contribution in [3.63, 3.8) is 0 Å². The molecule has 1 fully saturated rings. The van der Waals surface area contributed by atoms with Crippen molar-refractivity contribution >= 4 is 17.6 Å². The molecule has 5 heteroatoms. The summed E-state index contributed by atoms with van der Waals surface area (Å²) in [5, 5.41) is 9.19. The van der Waals surface area contributed by atoms with Crippen LogP contribution in [0.4, 0.5) is 0 Å². The number of hydrogen-bond acceptors (Lipinski definition) is 2. The number of carbonyl (C=O) groups is 1.